The number of hydrogen-bond donors (Lipinski definition) is 0. The summed E-state index contributed by atoms with van der Waals surface area (Å²) in [4.78, 5) is 0. The Labute approximate surface area is 57.1 Å². The molecule has 0 aromatic heterocycles. The molecule has 0 bridgehead atoms. The minimum Gasteiger partial charge on any atom is -0.230 e. The zero-order valence-electron chi connectivity index (χ0n) is 6.31. The molecule has 1 aliphatic rings. The molecule has 53 valence electrons. The van der Waals surface area contributed by atoms with Crippen LogP contribution in [0, 0.1) is 5.92 Å². The Bertz CT molecular complexity index is 92.7. The van der Waals surface area contributed by atoms with E-state index in [1.54, 1.807) is 0 Å². The van der Waals surface area contributed by atoms with Crippen molar-refractivity contribution < 1.29 is 5.11 Å². The van der Waals surface area contributed by atoms with Crippen LogP contribution in [0.4, 0.5) is 0 Å². The van der Waals surface area contributed by atoms with E-state index in [-0.39, 0.29) is 0 Å². The molecule has 0 aromatic rings. The predicted molar refractivity (Wildman–Crippen MR) is 36.7 cm³/mol. The van der Waals surface area contributed by atoms with Crippen molar-refractivity contribution in [2.24, 2.45) is 5.92 Å². The standard InChI is InChI=1S/C8H15O/c1-3-8(2,9)7-5-4-6-7/h7H,3-6H2,1-2H3. The van der Waals surface area contributed by atoms with Gasteiger partial charge in [-0.25, -0.2) is 5.11 Å². The van der Waals surface area contributed by atoms with Gasteiger partial charge in [0.25, 0.3) is 0 Å². The zero-order valence-corrected chi connectivity index (χ0v) is 6.31. The molecule has 1 fully saturated rings. The Kier molecular flexibility index (Phi) is 1.80. The minimum absolute atomic E-state index is 0.488. The van der Waals surface area contributed by atoms with Crippen LogP contribution in [0.15, 0.2) is 0 Å². The lowest BCUT2D eigenvalue weighted by Crippen LogP contribution is -2.36. The molecule has 1 aliphatic carbocycles. The molecule has 1 saturated carbocycles. The van der Waals surface area contributed by atoms with E-state index in [4.69, 9.17) is 0 Å². The highest BCUT2D eigenvalue weighted by atomic mass is 16.3. The van der Waals surface area contributed by atoms with Crippen molar-refractivity contribution >= 4 is 0 Å². The van der Waals surface area contributed by atoms with Crippen LogP contribution >= 0.6 is 0 Å². The Morgan fingerprint density at radius 3 is 2.22 bits per heavy atom. The molecule has 1 unspecified atom stereocenters. The molecular formula is C8H15O. The Morgan fingerprint density at radius 2 is 2.11 bits per heavy atom. The van der Waals surface area contributed by atoms with E-state index in [9.17, 15) is 5.11 Å². The van der Waals surface area contributed by atoms with Gasteiger partial charge in [0.15, 0.2) is 0 Å². The SMILES string of the molecule is CCC(C)([O])C1CCC1. The van der Waals surface area contributed by atoms with Gasteiger partial charge in [-0.05, 0) is 32.1 Å². The van der Waals surface area contributed by atoms with E-state index in [0.717, 1.165) is 6.42 Å². The van der Waals surface area contributed by atoms with Crippen LogP contribution in [0.2, 0.25) is 0 Å². The van der Waals surface area contributed by atoms with Gasteiger partial charge in [0.1, 0.15) is 5.60 Å². The van der Waals surface area contributed by atoms with Crippen molar-refractivity contribution in [2.45, 2.75) is 45.1 Å². The van der Waals surface area contributed by atoms with Gasteiger partial charge < -0.3 is 0 Å². The van der Waals surface area contributed by atoms with Crippen LogP contribution in [-0.2, 0) is 5.11 Å². The molecule has 0 saturated heterocycles. The van der Waals surface area contributed by atoms with Gasteiger partial charge in [-0.3, -0.25) is 0 Å². The fourth-order valence-corrected chi connectivity index (χ4v) is 1.31. The van der Waals surface area contributed by atoms with Crippen molar-refractivity contribution in [3.05, 3.63) is 0 Å². The second-order valence-electron chi connectivity index (χ2n) is 3.29. The van der Waals surface area contributed by atoms with Crippen LogP contribution in [-0.4, -0.2) is 5.60 Å². The quantitative estimate of drug-likeness (QED) is 0.542. The third kappa shape index (κ3) is 1.26. The lowest BCUT2D eigenvalue weighted by molar-refractivity contribution is -0.0906. The zero-order chi connectivity index (χ0) is 6.91. The first-order valence-electron chi connectivity index (χ1n) is 3.87. The summed E-state index contributed by atoms with van der Waals surface area (Å²) in [7, 11) is 0. The summed E-state index contributed by atoms with van der Waals surface area (Å²) in [5.74, 6) is 0.488. The summed E-state index contributed by atoms with van der Waals surface area (Å²) in [6.45, 7) is 3.84. The predicted octanol–water partition coefficient (Wildman–Crippen LogP) is 2.39. The summed E-state index contributed by atoms with van der Waals surface area (Å²) in [5, 5.41) is 11.5. The Hall–Kier alpha value is -0.0400. The molecule has 1 heteroatoms. The molecule has 1 nitrogen and oxygen atoms in total. The van der Waals surface area contributed by atoms with Crippen molar-refractivity contribution in [1.82, 2.24) is 0 Å². The van der Waals surface area contributed by atoms with E-state index in [0.29, 0.717) is 5.92 Å². The van der Waals surface area contributed by atoms with E-state index in [1.165, 1.54) is 19.3 Å². The second kappa shape index (κ2) is 2.30. The first kappa shape index (κ1) is 7.07. The Morgan fingerprint density at radius 1 is 1.56 bits per heavy atom. The van der Waals surface area contributed by atoms with Gasteiger partial charge in [-0.1, -0.05) is 13.3 Å². The molecule has 0 aliphatic heterocycles. The van der Waals surface area contributed by atoms with Gasteiger partial charge >= 0.3 is 0 Å². The van der Waals surface area contributed by atoms with Gasteiger partial charge in [0.05, 0.1) is 0 Å². The fourth-order valence-electron chi connectivity index (χ4n) is 1.31. The molecule has 1 atom stereocenters. The van der Waals surface area contributed by atoms with E-state index < -0.39 is 5.60 Å². The molecule has 0 aromatic carbocycles. The van der Waals surface area contributed by atoms with Crippen molar-refractivity contribution in [3.8, 4) is 0 Å². The van der Waals surface area contributed by atoms with Crippen LogP contribution in [0.3, 0.4) is 0 Å². The normalized spacial score (nSPS) is 27.0. The van der Waals surface area contributed by atoms with Gasteiger partial charge in [0.2, 0.25) is 0 Å². The maximum absolute atomic E-state index is 11.5. The number of hydrogen-bond acceptors (Lipinski definition) is 0. The van der Waals surface area contributed by atoms with Crippen LogP contribution < -0.4 is 0 Å². The summed E-state index contributed by atoms with van der Waals surface area (Å²) in [6.07, 6.45) is 4.42. The van der Waals surface area contributed by atoms with E-state index in [2.05, 4.69) is 0 Å². The van der Waals surface area contributed by atoms with E-state index in [1.807, 2.05) is 13.8 Å². The van der Waals surface area contributed by atoms with Gasteiger partial charge in [-0.15, -0.1) is 0 Å². The highest BCUT2D eigenvalue weighted by molar-refractivity contribution is 4.85. The summed E-state index contributed by atoms with van der Waals surface area (Å²) in [6, 6.07) is 0. The highest BCUT2D eigenvalue weighted by Gasteiger charge is 2.35. The number of rotatable bonds is 2. The third-order valence-electron chi connectivity index (χ3n) is 2.67. The fraction of sp³-hybridized carbons (Fsp3) is 1.00. The molecular weight excluding hydrogens is 112 g/mol. The summed E-state index contributed by atoms with van der Waals surface area (Å²) < 4.78 is 0. The third-order valence-corrected chi connectivity index (χ3v) is 2.67. The van der Waals surface area contributed by atoms with Gasteiger partial charge in [0, 0.05) is 0 Å². The summed E-state index contributed by atoms with van der Waals surface area (Å²) in [5.41, 5.74) is -0.613. The smallest absolute Gasteiger partial charge is 0.103 e. The van der Waals surface area contributed by atoms with Crippen LogP contribution in [0.5, 0.6) is 0 Å². The highest BCUT2D eigenvalue weighted by Crippen LogP contribution is 2.37. The first-order valence-corrected chi connectivity index (χ1v) is 3.87. The Balaban J connectivity index is 2.37. The molecule has 1 radical (unpaired) electrons. The molecule has 1 rings (SSSR count). The maximum Gasteiger partial charge on any atom is 0.103 e. The lowest BCUT2D eigenvalue weighted by atomic mass is 9.73. The average molecular weight is 127 g/mol. The molecule has 0 N–H and O–H groups in total. The first-order chi connectivity index (χ1) is 4.17. The maximum atomic E-state index is 11.5. The van der Waals surface area contributed by atoms with Gasteiger partial charge in [-0.2, -0.15) is 0 Å². The van der Waals surface area contributed by atoms with E-state index >= 15 is 0 Å². The minimum atomic E-state index is -0.613. The second-order valence-corrected chi connectivity index (χ2v) is 3.29. The molecule has 0 spiro atoms. The van der Waals surface area contributed by atoms with Crippen LogP contribution in [0.1, 0.15) is 39.5 Å². The van der Waals surface area contributed by atoms with Crippen LogP contribution in [0.25, 0.3) is 0 Å². The molecule has 9 heavy (non-hydrogen) atoms. The molecule has 0 amide bonds. The summed E-state index contributed by atoms with van der Waals surface area (Å²) >= 11 is 0. The lowest BCUT2D eigenvalue weighted by Gasteiger charge is -2.36. The topological polar surface area (TPSA) is 19.9 Å². The average Bonchev–Trinajstić information content (AvgIpc) is 1.60. The monoisotopic (exact) mass is 127 g/mol. The largest absolute Gasteiger partial charge is 0.230 e. The van der Waals surface area contributed by atoms with Crippen molar-refractivity contribution in [2.75, 3.05) is 0 Å². The van der Waals surface area contributed by atoms with Crippen molar-refractivity contribution in [1.29, 1.82) is 0 Å². The van der Waals surface area contributed by atoms with Crippen molar-refractivity contribution in [3.63, 3.8) is 0 Å². The molecule has 0 heterocycles.